The molecule has 0 bridgehead atoms. The van der Waals surface area contributed by atoms with Crippen molar-refractivity contribution in [3.8, 4) is 5.75 Å². The maximum absolute atomic E-state index is 12.7. The van der Waals surface area contributed by atoms with E-state index in [2.05, 4.69) is 15.4 Å². The van der Waals surface area contributed by atoms with Crippen molar-refractivity contribution in [1.29, 1.82) is 0 Å². The third-order valence-corrected chi connectivity index (χ3v) is 5.12. The number of alkyl halides is 3. The van der Waals surface area contributed by atoms with Crippen molar-refractivity contribution < 1.29 is 22.7 Å². The highest BCUT2D eigenvalue weighted by Gasteiger charge is 2.30. The molecule has 2 aromatic carbocycles. The van der Waals surface area contributed by atoms with Crippen LogP contribution in [0.5, 0.6) is 5.75 Å². The number of halogens is 3. The van der Waals surface area contributed by atoms with Crippen molar-refractivity contribution in [2.45, 2.75) is 6.18 Å². The number of anilines is 1. The number of thiazole rings is 1. The molecule has 0 unspecified atom stereocenters. The van der Waals surface area contributed by atoms with Gasteiger partial charge < -0.3 is 10.1 Å². The number of aromatic nitrogens is 3. The number of carbonyl (C=O) groups is 1. The van der Waals surface area contributed by atoms with Gasteiger partial charge in [0.05, 0.1) is 10.1 Å². The van der Waals surface area contributed by atoms with Crippen molar-refractivity contribution >= 4 is 34.0 Å². The Morgan fingerprint density at radius 2 is 1.97 bits per heavy atom. The summed E-state index contributed by atoms with van der Waals surface area (Å²) in [4.78, 5) is 28.6. The molecule has 2 aromatic heterocycles. The highest BCUT2D eigenvalue weighted by atomic mass is 32.1. The van der Waals surface area contributed by atoms with Crippen molar-refractivity contribution in [3.05, 3.63) is 80.9 Å². The Labute approximate surface area is 176 Å². The number of hydrogen-bond donors (Lipinski definition) is 1. The second-order valence-electron chi connectivity index (χ2n) is 6.35. The highest BCUT2D eigenvalue weighted by molar-refractivity contribution is 7.15. The molecule has 1 N–H and O–H groups in total. The van der Waals surface area contributed by atoms with Crippen LogP contribution in [0.15, 0.2) is 59.7 Å². The Balaban J connectivity index is 1.38. The average molecular weight is 446 g/mol. The molecule has 0 atom stereocenters. The number of nitrogens with zero attached hydrogens (tertiary/aromatic N) is 3. The van der Waals surface area contributed by atoms with Gasteiger partial charge in [0.15, 0.2) is 6.61 Å². The summed E-state index contributed by atoms with van der Waals surface area (Å²) in [5.41, 5.74) is -0.348. The zero-order valence-electron chi connectivity index (χ0n) is 15.6. The highest BCUT2D eigenvalue weighted by Crippen LogP contribution is 2.30. The standard InChI is InChI=1S/C20H13F3N4O3S/c21-20(22,23)13-2-1-3-14(9-13)26-17(28)10-30-15-6-4-12(5-7-15)8-16-18(29)27-19(31-16)24-11-25-27/h1-9,11H,10H2,(H,26,28)/b16-8-. The first kappa shape index (κ1) is 20.5. The largest absolute Gasteiger partial charge is 0.484 e. The number of rotatable bonds is 5. The van der Waals surface area contributed by atoms with Gasteiger partial charge in [0.1, 0.15) is 12.1 Å². The van der Waals surface area contributed by atoms with Crippen LogP contribution in [0, 0.1) is 0 Å². The van der Waals surface area contributed by atoms with Gasteiger partial charge in [-0.25, -0.2) is 4.98 Å². The van der Waals surface area contributed by atoms with Crippen LogP contribution in [0.1, 0.15) is 11.1 Å². The fraction of sp³-hybridized carbons (Fsp3) is 0.100. The SMILES string of the molecule is O=C(COc1ccc(/C=c2\sc3ncnn3c2=O)cc1)Nc1cccc(C(F)(F)F)c1. The lowest BCUT2D eigenvalue weighted by Gasteiger charge is -2.10. The molecule has 4 rings (SSSR count). The Morgan fingerprint density at radius 1 is 1.19 bits per heavy atom. The summed E-state index contributed by atoms with van der Waals surface area (Å²) in [6, 6.07) is 11.0. The van der Waals surface area contributed by atoms with Gasteiger partial charge in [-0.2, -0.15) is 22.8 Å². The Morgan fingerprint density at radius 3 is 2.68 bits per heavy atom. The number of benzene rings is 2. The van der Waals surface area contributed by atoms with Crippen molar-refractivity contribution in [2.75, 3.05) is 11.9 Å². The Bertz CT molecular complexity index is 1350. The van der Waals surface area contributed by atoms with Crippen LogP contribution >= 0.6 is 11.3 Å². The molecule has 0 fully saturated rings. The summed E-state index contributed by atoms with van der Waals surface area (Å²) < 4.78 is 45.3. The van der Waals surface area contributed by atoms with Gasteiger partial charge in [0.2, 0.25) is 4.96 Å². The lowest BCUT2D eigenvalue weighted by Crippen LogP contribution is -2.23. The molecule has 0 radical (unpaired) electrons. The summed E-state index contributed by atoms with van der Waals surface area (Å²) >= 11 is 1.21. The quantitative estimate of drug-likeness (QED) is 0.510. The van der Waals surface area contributed by atoms with E-state index in [-0.39, 0.29) is 17.9 Å². The van der Waals surface area contributed by atoms with Crippen molar-refractivity contribution in [1.82, 2.24) is 14.6 Å². The monoisotopic (exact) mass is 446 g/mol. The van der Waals surface area contributed by atoms with Crippen LogP contribution < -0.4 is 20.1 Å². The molecule has 7 nitrogen and oxygen atoms in total. The first-order valence-corrected chi connectivity index (χ1v) is 9.65. The van der Waals surface area contributed by atoms with Crippen LogP contribution in [-0.2, 0) is 11.0 Å². The summed E-state index contributed by atoms with van der Waals surface area (Å²) in [6.45, 7) is -0.377. The molecular weight excluding hydrogens is 433 g/mol. The third kappa shape index (κ3) is 4.72. The number of carbonyl (C=O) groups excluding carboxylic acids is 1. The van der Waals surface area contributed by atoms with Crippen molar-refractivity contribution in [3.63, 3.8) is 0 Å². The fourth-order valence-corrected chi connectivity index (χ4v) is 3.59. The summed E-state index contributed by atoms with van der Waals surface area (Å²) in [6.07, 6.45) is -1.49. The molecule has 0 saturated carbocycles. The van der Waals surface area contributed by atoms with E-state index in [1.807, 2.05) is 0 Å². The normalized spacial score (nSPS) is 12.3. The fourth-order valence-electron chi connectivity index (χ4n) is 2.71. The number of ether oxygens (including phenoxy) is 1. The predicted molar refractivity (Wildman–Crippen MR) is 108 cm³/mol. The lowest BCUT2D eigenvalue weighted by molar-refractivity contribution is -0.137. The molecule has 2 heterocycles. The van der Waals surface area contributed by atoms with E-state index in [1.54, 1.807) is 30.3 Å². The van der Waals surface area contributed by atoms with Gasteiger partial charge in [-0.1, -0.05) is 29.5 Å². The second kappa shape index (κ2) is 8.19. The third-order valence-electron chi connectivity index (χ3n) is 4.14. The molecular formula is C20H13F3N4O3S. The minimum Gasteiger partial charge on any atom is -0.484 e. The molecule has 0 aliphatic heterocycles. The zero-order valence-corrected chi connectivity index (χ0v) is 16.4. The van der Waals surface area contributed by atoms with E-state index in [0.29, 0.717) is 15.2 Å². The van der Waals surface area contributed by atoms with Crippen LogP contribution in [0.25, 0.3) is 11.0 Å². The zero-order chi connectivity index (χ0) is 22.0. The maximum atomic E-state index is 12.7. The first-order chi connectivity index (χ1) is 14.8. The molecule has 11 heteroatoms. The molecule has 31 heavy (non-hydrogen) atoms. The first-order valence-electron chi connectivity index (χ1n) is 8.84. The summed E-state index contributed by atoms with van der Waals surface area (Å²) in [5, 5.41) is 6.22. The van der Waals surface area contributed by atoms with E-state index in [9.17, 15) is 22.8 Å². The van der Waals surface area contributed by atoms with E-state index >= 15 is 0 Å². The van der Waals surface area contributed by atoms with Crippen LogP contribution in [0.4, 0.5) is 18.9 Å². The van der Waals surface area contributed by atoms with Gasteiger partial charge >= 0.3 is 6.18 Å². The van der Waals surface area contributed by atoms with Crippen molar-refractivity contribution in [2.24, 2.45) is 0 Å². The van der Waals surface area contributed by atoms with Gasteiger partial charge in [-0.05, 0) is 42.0 Å². The number of amides is 1. The lowest BCUT2D eigenvalue weighted by atomic mass is 10.2. The van der Waals surface area contributed by atoms with Gasteiger partial charge in [-0.15, -0.1) is 0 Å². The van der Waals surface area contributed by atoms with E-state index in [4.69, 9.17) is 4.74 Å². The van der Waals surface area contributed by atoms with E-state index in [0.717, 1.165) is 17.7 Å². The topological polar surface area (TPSA) is 85.6 Å². The number of nitrogens with one attached hydrogen (secondary N) is 1. The van der Waals surface area contributed by atoms with Crippen LogP contribution in [-0.4, -0.2) is 27.1 Å². The summed E-state index contributed by atoms with van der Waals surface area (Å²) in [7, 11) is 0. The minimum absolute atomic E-state index is 0.0265. The van der Waals surface area contributed by atoms with E-state index in [1.165, 1.54) is 34.3 Å². The molecule has 0 aliphatic rings. The molecule has 4 aromatic rings. The van der Waals surface area contributed by atoms with Gasteiger partial charge in [0, 0.05) is 5.69 Å². The molecule has 0 saturated heterocycles. The summed E-state index contributed by atoms with van der Waals surface area (Å²) in [5.74, 6) is -0.207. The number of hydrogen-bond acceptors (Lipinski definition) is 6. The second-order valence-corrected chi connectivity index (χ2v) is 7.36. The number of fused-ring (bicyclic) bond motifs is 1. The maximum Gasteiger partial charge on any atom is 0.416 e. The van der Waals surface area contributed by atoms with Crippen LogP contribution in [0.2, 0.25) is 0 Å². The Kier molecular flexibility index (Phi) is 5.42. The minimum atomic E-state index is -4.49. The van der Waals surface area contributed by atoms with Crippen LogP contribution in [0.3, 0.4) is 0 Å². The molecule has 158 valence electrons. The molecule has 0 spiro atoms. The average Bonchev–Trinajstić information content (AvgIpc) is 3.30. The van der Waals surface area contributed by atoms with E-state index < -0.39 is 17.6 Å². The molecule has 1 amide bonds. The van der Waals surface area contributed by atoms with Gasteiger partial charge in [0.25, 0.3) is 11.5 Å². The van der Waals surface area contributed by atoms with Gasteiger partial charge in [-0.3, -0.25) is 9.59 Å². The Hall–Kier alpha value is -3.73. The smallest absolute Gasteiger partial charge is 0.416 e. The predicted octanol–water partition coefficient (Wildman–Crippen LogP) is 2.74. The molecule has 0 aliphatic carbocycles.